The maximum absolute atomic E-state index is 5.76. The largest absolute Gasteiger partial charge is 0.497 e. The Labute approximate surface area is 175 Å². The lowest BCUT2D eigenvalue weighted by molar-refractivity contribution is 0.00752. The van der Waals surface area contributed by atoms with Crippen LogP contribution < -0.4 is 15.4 Å². The van der Waals surface area contributed by atoms with Gasteiger partial charge < -0.3 is 24.8 Å². The zero-order valence-corrected chi connectivity index (χ0v) is 18.4. The van der Waals surface area contributed by atoms with E-state index in [-0.39, 0.29) is 0 Å². The lowest BCUT2D eigenvalue weighted by Gasteiger charge is -2.37. The third-order valence-electron chi connectivity index (χ3n) is 5.17. The molecule has 0 amide bonds. The van der Waals surface area contributed by atoms with E-state index in [0.717, 1.165) is 63.1 Å². The van der Waals surface area contributed by atoms with Crippen LogP contribution in [-0.4, -0.2) is 77.1 Å². The van der Waals surface area contributed by atoms with E-state index in [1.54, 1.807) is 7.11 Å². The number of ether oxygens (including phenoxy) is 3. The summed E-state index contributed by atoms with van der Waals surface area (Å²) < 4.78 is 16.4. The summed E-state index contributed by atoms with van der Waals surface area (Å²) in [5, 5.41) is 6.86. The van der Waals surface area contributed by atoms with Gasteiger partial charge in [0.25, 0.3) is 0 Å². The highest BCUT2D eigenvalue weighted by Gasteiger charge is 2.23. The number of hydrogen-bond donors (Lipinski definition) is 2. The van der Waals surface area contributed by atoms with Crippen LogP contribution in [0.4, 0.5) is 0 Å². The molecule has 0 aliphatic carbocycles. The number of rotatable bonds is 11. The average molecular weight is 407 g/mol. The summed E-state index contributed by atoms with van der Waals surface area (Å²) in [7, 11) is 3.49. The van der Waals surface area contributed by atoms with Crippen LogP contribution in [0.3, 0.4) is 0 Å². The van der Waals surface area contributed by atoms with Crippen molar-refractivity contribution >= 4 is 5.96 Å². The Kier molecular flexibility index (Phi) is 10.8. The summed E-state index contributed by atoms with van der Waals surface area (Å²) in [5.74, 6) is 2.29. The molecule has 1 atom stereocenters. The molecule has 0 bridgehead atoms. The second-order valence-corrected chi connectivity index (χ2v) is 7.59. The van der Waals surface area contributed by atoms with E-state index in [2.05, 4.69) is 34.4 Å². The van der Waals surface area contributed by atoms with Gasteiger partial charge in [0.1, 0.15) is 5.75 Å². The Balaban J connectivity index is 1.61. The number of nitrogens with one attached hydrogen (secondary N) is 2. The fourth-order valence-corrected chi connectivity index (χ4v) is 3.41. The van der Waals surface area contributed by atoms with Crippen LogP contribution in [0.1, 0.15) is 25.8 Å². The van der Waals surface area contributed by atoms with Gasteiger partial charge in [-0.25, -0.2) is 0 Å². The van der Waals surface area contributed by atoms with Gasteiger partial charge in [0.2, 0.25) is 0 Å². The van der Waals surface area contributed by atoms with Crippen molar-refractivity contribution in [1.82, 2.24) is 15.5 Å². The summed E-state index contributed by atoms with van der Waals surface area (Å²) in [6.45, 7) is 11.2. The second kappa shape index (κ2) is 13.4. The molecule has 0 radical (unpaired) electrons. The third kappa shape index (κ3) is 8.60. The van der Waals surface area contributed by atoms with E-state index in [9.17, 15) is 0 Å². The summed E-state index contributed by atoms with van der Waals surface area (Å²) in [5.41, 5.74) is 1.15. The molecule has 0 saturated carbocycles. The molecular formula is C22H38N4O3. The number of benzene rings is 1. The first-order chi connectivity index (χ1) is 14.1. The Morgan fingerprint density at radius 3 is 2.52 bits per heavy atom. The van der Waals surface area contributed by atoms with Crippen molar-refractivity contribution in [2.24, 2.45) is 10.9 Å². The van der Waals surface area contributed by atoms with Crippen molar-refractivity contribution in [3.05, 3.63) is 29.8 Å². The Morgan fingerprint density at radius 1 is 1.17 bits per heavy atom. The van der Waals surface area contributed by atoms with Crippen molar-refractivity contribution in [3.8, 4) is 5.75 Å². The van der Waals surface area contributed by atoms with E-state index in [4.69, 9.17) is 14.2 Å². The van der Waals surface area contributed by atoms with Crippen molar-refractivity contribution in [2.45, 2.75) is 32.9 Å². The number of hydrogen-bond acceptors (Lipinski definition) is 5. The molecule has 1 fully saturated rings. The standard InChI is InChI=1S/C22H38N4O3/c1-18(2)21(26-11-14-28-15-12-26)16-25-22(23-3)24-10-5-13-29-17-19-6-8-20(27-4)9-7-19/h6-9,18,21H,5,10-17H2,1-4H3,(H2,23,24,25). The zero-order chi connectivity index (χ0) is 20.9. The topological polar surface area (TPSA) is 67.4 Å². The third-order valence-corrected chi connectivity index (χ3v) is 5.17. The summed E-state index contributed by atoms with van der Waals surface area (Å²) in [6.07, 6.45) is 0.925. The Hall–Kier alpha value is -1.83. The predicted molar refractivity (Wildman–Crippen MR) is 118 cm³/mol. The smallest absolute Gasteiger partial charge is 0.191 e. The van der Waals surface area contributed by atoms with Crippen LogP contribution in [0.2, 0.25) is 0 Å². The quantitative estimate of drug-likeness (QED) is 0.333. The lowest BCUT2D eigenvalue weighted by atomic mass is 10.0. The molecule has 1 unspecified atom stereocenters. The first-order valence-corrected chi connectivity index (χ1v) is 10.6. The molecular weight excluding hydrogens is 368 g/mol. The van der Waals surface area contributed by atoms with Crippen LogP contribution in [-0.2, 0) is 16.1 Å². The number of nitrogens with zero attached hydrogens (tertiary/aromatic N) is 2. The minimum atomic E-state index is 0.477. The van der Waals surface area contributed by atoms with Gasteiger partial charge in [-0.15, -0.1) is 0 Å². The van der Waals surface area contributed by atoms with E-state index in [1.165, 1.54) is 0 Å². The number of morpholine rings is 1. The van der Waals surface area contributed by atoms with Crippen LogP contribution in [0.5, 0.6) is 5.75 Å². The molecule has 1 aromatic rings. The Morgan fingerprint density at radius 2 is 1.90 bits per heavy atom. The number of guanidine groups is 1. The molecule has 0 aromatic heterocycles. The van der Waals surface area contributed by atoms with Crippen LogP contribution >= 0.6 is 0 Å². The van der Waals surface area contributed by atoms with Gasteiger partial charge >= 0.3 is 0 Å². The molecule has 0 spiro atoms. The molecule has 7 nitrogen and oxygen atoms in total. The maximum Gasteiger partial charge on any atom is 0.191 e. The highest BCUT2D eigenvalue weighted by Crippen LogP contribution is 2.13. The van der Waals surface area contributed by atoms with Gasteiger partial charge in [-0.1, -0.05) is 26.0 Å². The molecule has 29 heavy (non-hydrogen) atoms. The van der Waals surface area contributed by atoms with Gasteiger partial charge in [0, 0.05) is 45.9 Å². The van der Waals surface area contributed by atoms with Crippen LogP contribution in [0.15, 0.2) is 29.3 Å². The fraction of sp³-hybridized carbons (Fsp3) is 0.682. The normalized spacial score (nSPS) is 16.7. The number of methoxy groups -OCH3 is 1. The molecule has 2 N–H and O–H groups in total. The van der Waals surface area contributed by atoms with E-state index >= 15 is 0 Å². The first kappa shape index (κ1) is 23.4. The molecule has 1 aliphatic rings. The Bertz CT molecular complexity index is 586. The minimum absolute atomic E-state index is 0.477. The molecule has 1 aromatic carbocycles. The van der Waals surface area contributed by atoms with Crippen molar-refractivity contribution in [1.29, 1.82) is 0 Å². The molecule has 7 heteroatoms. The number of aliphatic imine (C=N–C) groups is 1. The highest BCUT2D eigenvalue weighted by molar-refractivity contribution is 5.79. The van der Waals surface area contributed by atoms with E-state index in [0.29, 0.717) is 25.2 Å². The van der Waals surface area contributed by atoms with Gasteiger partial charge in [0.15, 0.2) is 5.96 Å². The highest BCUT2D eigenvalue weighted by atomic mass is 16.5. The van der Waals surface area contributed by atoms with Gasteiger partial charge in [-0.3, -0.25) is 9.89 Å². The van der Waals surface area contributed by atoms with Crippen LogP contribution in [0.25, 0.3) is 0 Å². The van der Waals surface area contributed by atoms with Gasteiger partial charge in [0.05, 0.1) is 26.9 Å². The minimum Gasteiger partial charge on any atom is -0.497 e. The summed E-state index contributed by atoms with van der Waals surface area (Å²) in [6, 6.07) is 8.45. The SMILES string of the molecule is CN=C(NCCCOCc1ccc(OC)cc1)NCC(C(C)C)N1CCOCC1. The van der Waals surface area contributed by atoms with Gasteiger partial charge in [-0.2, -0.15) is 0 Å². The summed E-state index contributed by atoms with van der Waals surface area (Å²) >= 11 is 0. The maximum atomic E-state index is 5.76. The van der Waals surface area contributed by atoms with Crippen LogP contribution in [0, 0.1) is 5.92 Å². The first-order valence-electron chi connectivity index (χ1n) is 10.6. The molecule has 2 rings (SSSR count). The second-order valence-electron chi connectivity index (χ2n) is 7.59. The van der Waals surface area contributed by atoms with Crippen molar-refractivity contribution in [3.63, 3.8) is 0 Å². The van der Waals surface area contributed by atoms with E-state index in [1.807, 2.05) is 31.3 Å². The zero-order valence-electron chi connectivity index (χ0n) is 18.4. The molecule has 1 saturated heterocycles. The van der Waals surface area contributed by atoms with Gasteiger partial charge in [-0.05, 0) is 30.0 Å². The predicted octanol–water partition coefficient (Wildman–Crippen LogP) is 2.12. The van der Waals surface area contributed by atoms with Crippen molar-refractivity contribution in [2.75, 3.05) is 60.2 Å². The average Bonchev–Trinajstić information content (AvgIpc) is 2.75. The monoisotopic (exact) mass is 406 g/mol. The van der Waals surface area contributed by atoms with E-state index < -0.39 is 0 Å². The lowest BCUT2D eigenvalue weighted by Crippen LogP contribution is -2.52. The molecule has 1 aliphatic heterocycles. The summed E-state index contributed by atoms with van der Waals surface area (Å²) in [4.78, 5) is 6.86. The fourth-order valence-electron chi connectivity index (χ4n) is 3.41. The molecule has 1 heterocycles. The van der Waals surface area contributed by atoms with Crippen molar-refractivity contribution < 1.29 is 14.2 Å². The molecule has 164 valence electrons.